The highest BCUT2D eigenvalue weighted by molar-refractivity contribution is 5.48. The van der Waals surface area contributed by atoms with Crippen molar-refractivity contribution in [3.05, 3.63) is 0 Å². The molecule has 76 valence electrons. The molecule has 1 fully saturated rings. The van der Waals surface area contributed by atoms with Crippen molar-refractivity contribution in [3.63, 3.8) is 0 Å². The van der Waals surface area contributed by atoms with Gasteiger partial charge in [-0.3, -0.25) is 0 Å². The summed E-state index contributed by atoms with van der Waals surface area (Å²) < 4.78 is 5.49. The Hall–Kier alpha value is -0.370. The highest BCUT2D eigenvalue weighted by atomic mass is 16.5. The molecule has 0 aromatic heterocycles. The van der Waals surface area contributed by atoms with Crippen molar-refractivity contribution in [3.8, 4) is 0 Å². The fraction of sp³-hybridized carbons (Fsp3) is 0.909. The number of carbonyl (C=O) groups excluding carboxylic acids is 1. The second-order valence-electron chi connectivity index (χ2n) is 3.93. The molecular weight excluding hydrogens is 164 g/mol. The molecule has 2 atom stereocenters. The van der Waals surface area contributed by atoms with E-state index < -0.39 is 0 Å². The minimum Gasteiger partial charge on any atom is -0.378 e. The highest BCUT2D eigenvalue weighted by Gasteiger charge is 2.22. The molecule has 1 heterocycles. The average Bonchev–Trinajstić information content (AvgIpc) is 2.52. The van der Waals surface area contributed by atoms with Crippen LogP contribution in [0.1, 0.15) is 45.4 Å². The predicted molar refractivity (Wildman–Crippen MR) is 52.7 cm³/mol. The van der Waals surface area contributed by atoms with Crippen LogP contribution in [-0.2, 0) is 9.53 Å². The number of hydrogen-bond acceptors (Lipinski definition) is 2. The van der Waals surface area contributed by atoms with Crippen LogP contribution in [0.3, 0.4) is 0 Å². The van der Waals surface area contributed by atoms with Crippen LogP contribution in [-0.4, -0.2) is 19.0 Å². The van der Waals surface area contributed by atoms with Gasteiger partial charge in [-0.05, 0) is 32.1 Å². The lowest BCUT2D eigenvalue weighted by molar-refractivity contribution is -0.107. The number of unbranched alkanes of at least 4 members (excludes halogenated alkanes) is 3. The second kappa shape index (κ2) is 6.14. The summed E-state index contributed by atoms with van der Waals surface area (Å²) >= 11 is 0. The van der Waals surface area contributed by atoms with Crippen LogP contribution in [0.15, 0.2) is 0 Å². The van der Waals surface area contributed by atoms with Crippen LogP contribution in [0, 0.1) is 5.92 Å². The monoisotopic (exact) mass is 184 g/mol. The molecule has 0 aromatic carbocycles. The Kier molecular flexibility index (Phi) is 5.06. The third-order valence-electron chi connectivity index (χ3n) is 2.93. The quantitative estimate of drug-likeness (QED) is 0.468. The zero-order chi connectivity index (χ0) is 9.52. The fourth-order valence-corrected chi connectivity index (χ4v) is 1.97. The summed E-state index contributed by atoms with van der Waals surface area (Å²) in [5.74, 6) is 0.774. The molecule has 13 heavy (non-hydrogen) atoms. The molecule has 0 radical (unpaired) electrons. The van der Waals surface area contributed by atoms with Crippen molar-refractivity contribution in [1.29, 1.82) is 0 Å². The van der Waals surface area contributed by atoms with E-state index in [9.17, 15) is 4.79 Å². The maximum Gasteiger partial charge on any atom is 0.119 e. The van der Waals surface area contributed by atoms with Gasteiger partial charge in [-0.2, -0.15) is 0 Å². The van der Waals surface area contributed by atoms with Crippen LogP contribution < -0.4 is 0 Å². The standard InChI is InChI=1S/C11H20O2/c1-10-11(7-9-13-10)6-4-2-3-5-8-12/h8,10-11H,2-7,9H2,1H3. The predicted octanol–water partition coefficient (Wildman–Crippen LogP) is 2.56. The number of hydrogen-bond donors (Lipinski definition) is 0. The molecule has 2 nitrogen and oxygen atoms in total. The molecule has 0 spiro atoms. The van der Waals surface area contributed by atoms with Crippen molar-refractivity contribution in [2.45, 2.75) is 51.6 Å². The van der Waals surface area contributed by atoms with Gasteiger partial charge < -0.3 is 9.53 Å². The SMILES string of the molecule is CC1OCCC1CCCCCC=O. The van der Waals surface area contributed by atoms with Crippen LogP contribution in [0.4, 0.5) is 0 Å². The number of ether oxygens (including phenoxy) is 1. The maximum absolute atomic E-state index is 10.1. The first-order valence-corrected chi connectivity index (χ1v) is 5.40. The summed E-state index contributed by atoms with van der Waals surface area (Å²) in [6.07, 6.45) is 8.23. The van der Waals surface area contributed by atoms with Gasteiger partial charge in [0, 0.05) is 13.0 Å². The zero-order valence-corrected chi connectivity index (χ0v) is 8.50. The van der Waals surface area contributed by atoms with Crippen molar-refractivity contribution >= 4 is 6.29 Å². The van der Waals surface area contributed by atoms with Crippen molar-refractivity contribution in [2.75, 3.05) is 6.61 Å². The smallest absolute Gasteiger partial charge is 0.119 e. The van der Waals surface area contributed by atoms with Crippen LogP contribution in [0.2, 0.25) is 0 Å². The average molecular weight is 184 g/mol. The first-order chi connectivity index (χ1) is 6.34. The first kappa shape index (κ1) is 10.7. The minimum atomic E-state index is 0.464. The van der Waals surface area contributed by atoms with Gasteiger partial charge in [0.05, 0.1) is 6.10 Å². The number of aldehydes is 1. The summed E-state index contributed by atoms with van der Waals surface area (Å²) in [4.78, 5) is 10.1. The van der Waals surface area contributed by atoms with Gasteiger partial charge in [0.1, 0.15) is 6.29 Å². The number of carbonyl (C=O) groups is 1. The van der Waals surface area contributed by atoms with Gasteiger partial charge in [0.2, 0.25) is 0 Å². The van der Waals surface area contributed by atoms with Gasteiger partial charge >= 0.3 is 0 Å². The third-order valence-corrected chi connectivity index (χ3v) is 2.93. The summed E-state index contributed by atoms with van der Waals surface area (Å²) in [6.45, 7) is 3.11. The maximum atomic E-state index is 10.1. The summed E-state index contributed by atoms with van der Waals surface area (Å²) in [6, 6.07) is 0. The summed E-state index contributed by atoms with van der Waals surface area (Å²) in [5.41, 5.74) is 0. The second-order valence-corrected chi connectivity index (χ2v) is 3.93. The van der Waals surface area contributed by atoms with E-state index in [0.717, 1.165) is 31.7 Å². The van der Waals surface area contributed by atoms with E-state index in [4.69, 9.17) is 4.74 Å². The molecule has 0 N–H and O–H groups in total. The molecule has 0 amide bonds. The van der Waals surface area contributed by atoms with E-state index in [1.54, 1.807) is 0 Å². The van der Waals surface area contributed by atoms with E-state index >= 15 is 0 Å². The van der Waals surface area contributed by atoms with Gasteiger partial charge in [-0.25, -0.2) is 0 Å². The highest BCUT2D eigenvalue weighted by Crippen LogP contribution is 2.25. The Morgan fingerprint density at radius 1 is 1.38 bits per heavy atom. The molecule has 1 aliphatic heterocycles. The molecule has 0 bridgehead atoms. The molecule has 0 aliphatic carbocycles. The van der Waals surface area contributed by atoms with Gasteiger partial charge in [-0.15, -0.1) is 0 Å². The Labute approximate surface area is 80.7 Å². The minimum absolute atomic E-state index is 0.464. The van der Waals surface area contributed by atoms with Crippen molar-refractivity contribution in [2.24, 2.45) is 5.92 Å². The van der Waals surface area contributed by atoms with Gasteiger partial charge in [-0.1, -0.05) is 12.8 Å². The Morgan fingerprint density at radius 2 is 2.23 bits per heavy atom. The third kappa shape index (κ3) is 3.90. The Balaban J connectivity index is 1.95. The van der Waals surface area contributed by atoms with E-state index in [1.165, 1.54) is 25.7 Å². The topological polar surface area (TPSA) is 26.3 Å². The summed E-state index contributed by atoms with van der Waals surface area (Å²) in [7, 11) is 0. The molecule has 2 heteroatoms. The molecular formula is C11H20O2. The molecule has 0 aromatic rings. The number of rotatable bonds is 6. The molecule has 1 aliphatic rings. The Bertz CT molecular complexity index is 145. The lowest BCUT2D eigenvalue weighted by Gasteiger charge is -2.12. The first-order valence-electron chi connectivity index (χ1n) is 5.40. The normalized spacial score (nSPS) is 27.8. The fourth-order valence-electron chi connectivity index (χ4n) is 1.97. The van der Waals surface area contributed by atoms with Crippen LogP contribution >= 0.6 is 0 Å². The van der Waals surface area contributed by atoms with Crippen LogP contribution in [0.25, 0.3) is 0 Å². The molecule has 2 unspecified atom stereocenters. The van der Waals surface area contributed by atoms with E-state index in [2.05, 4.69) is 6.92 Å². The molecule has 1 rings (SSSR count). The lowest BCUT2D eigenvalue weighted by atomic mass is 9.95. The lowest BCUT2D eigenvalue weighted by Crippen LogP contribution is -2.10. The van der Waals surface area contributed by atoms with E-state index in [-0.39, 0.29) is 0 Å². The van der Waals surface area contributed by atoms with Crippen molar-refractivity contribution < 1.29 is 9.53 Å². The van der Waals surface area contributed by atoms with E-state index in [1.807, 2.05) is 0 Å². The van der Waals surface area contributed by atoms with E-state index in [0.29, 0.717) is 6.10 Å². The van der Waals surface area contributed by atoms with Crippen LogP contribution in [0.5, 0.6) is 0 Å². The summed E-state index contributed by atoms with van der Waals surface area (Å²) in [5, 5.41) is 0. The molecule has 0 saturated carbocycles. The van der Waals surface area contributed by atoms with Gasteiger partial charge in [0.15, 0.2) is 0 Å². The largest absolute Gasteiger partial charge is 0.378 e. The zero-order valence-electron chi connectivity index (χ0n) is 8.50. The molecule has 1 saturated heterocycles. The van der Waals surface area contributed by atoms with Crippen molar-refractivity contribution in [1.82, 2.24) is 0 Å². The Morgan fingerprint density at radius 3 is 2.85 bits per heavy atom. The van der Waals surface area contributed by atoms with Gasteiger partial charge in [0.25, 0.3) is 0 Å².